The van der Waals surface area contributed by atoms with Crippen LogP contribution in [-0.4, -0.2) is 17.5 Å². The minimum Gasteiger partial charge on any atom is -0.494 e. The van der Waals surface area contributed by atoms with E-state index < -0.39 is 0 Å². The van der Waals surface area contributed by atoms with Gasteiger partial charge in [-0.15, -0.1) is 11.3 Å². The second kappa shape index (κ2) is 7.85. The molecule has 1 N–H and O–H groups in total. The van der Waals surface area contributed by atoms with Crippen molar-refractivity contribution in [3.63, 3.8) is 0 Å². The molecule has 3 rings (SSSR count). The molecule has 0 aliphatic carbocycles. The van der Waals surface area contributed by atoms with E-state index in [1.807, 2.05) is 25.1 Å². The highest BCUT2D eigenvalue weighted by molar-refractivity contribution is 7.19. The Hall–Kier alpha value is -2.11. The van der Waals surface area contributed by atoms with Crippen LogP contribution in [0.15, 0.2) is 36.4 Å². The summed E-state index contributed by atoms with van der Waals surface area (Å²) in [5.41, 5.74) is 1.99. The molecule has 25 heavy (non-hydrogen) atoms. The molecule has 1 aromatic heterocycles. The minimum atomic E-state index is -0.206. The Bertz CT molecular complexity index is 890. The lowest BCUT2D eigenvalue weighted by molar-refractivity contribution is 0.102. The number of hydrogen-bond acceptors (Lipinski definition) is 4. The fourth-order valence-electron chi connectivity index (χ4n) is 2.40. The first-order valence-electron chi connectivity index (χ1n) is 8.18. The standard InChI is InChI=1S/C19H19ClN2O2S/c1-3-4-11-24-14-7-5-13(6-8-14)19(23)22-15-9-10-16-18(17(15)20)25-12(2)21-16/h5-10H,3-4,11H2,1-2H3,(H,22,23). The lowest BCUT2D eigenvalue weighted by atomic mass is 10.2. The Morgan fingerprint density at radius 2 is 2.00 bits per heavy atom. The summed E-state index contributed by atoms with van der Waals surface area (Å²) in [7, 11) is 0. The number of unbranched alkanes of at least 4 members (excludes halogenated alkanes) is 1. The highest BCUT2D eigenvalue weighted by Gasteiger charge is 2.13. The average molecular weight is 375 g/mol. The van der Waals surface area contributed by atoms with Gasteiger partial charge in [-0.05, 0) is 49.7 Å². The van der Waals surface area contributed by atoms with Crippen molar-refractivity contribution in [1.29, 1.82) is 0 Å². The van der Waals surface area contributed by atoms with Crippen molar-refractivity contribution in [2.24, 2.45) is 0 Å². The van der Waals surface area contributed by atoms with Gasteiger partial charge in [0.15, 0.2) is 0 Å². The number of aryl methyl sites for hydroxylation is 1. The summed E-state index contributed by atoms with van der Waals surface area (Å²) >= 11 is 7.93. The molecule has 0 spiro atoms. The van der Waals surface area contributed by atoms with Crippen molar-refractivity contribution < 1.29 is 9.53 Å². The van der Waals surface area contributed by atoms with Gasteiger partial charge in [-0.2, -0.15) is 0 Å². The highest BCUT2D eigenvalue weighted by atomic mass is 35.5. The number of halogens is 1. The number of rotatable bonds is 6. The maximum absolute atomic E-state index is 12.5. The van der Waals surface area contributed by atoms with E-state index in [0.717, 1.165) is 33.8 Å². The number of carbonyl (C=O) groups is 1. The summed E-state index contributed by atoms with van der Waals surface area (Å²) < 4.78 is 6.50. The molecule has 130 valence electrons. The summed E-state index contributed by atoms with van der Waals surface area (Å²) in [6.07, 6.45) is 2.10. The molecule has 0 radical (unpaired) electrons. The summed E-state index contributed by atoms with van der Waals surface area (Å²) in [5, 5.41) is 4.33. The Morgan fingerprint density at radius 3 is 2.72 bits per heavy atom. The lowest BCUT2D eigenvalue weighted by Gasteiger charge is -2.09. The minimum absolute atomic E-state index is 0.206. The van der Waals surface area contributed by atoms with Gasteiger partial charge in [0.25, 0.3) is 5.91 Å². The molecule has 4 nitrogen and oxygen atoms in total. The molecule has 6 heteroatoms. The Labute approximate surface area is 155 Å². The van der Waals surface area contributed by atoms with Crippen molar-refractivity contribution in [3.8, 4) is 5.75 Å². The first-order chi connectivity index (χ1) is 12.1. The second-order valence-corrected chi connectivity index (χ2v) is 7.27. The molecule has 0 atom stereocenters. The Morgan fingerprint density at radius 1 is 1.24 bits per heavy atom. The predicted octanol–water partition coefficient (Wildman–Crippen LogP) is 5.69. The van der Waals surface area contributed by atoms with Gasteiger partial charge in [-0.1, -0.05) is 24.9 Å². The second-order valence-electron chi connectivity index (χ2n) is 5.69. The van der Waals surface area contributed by atoms with E-state index in [9.17, 15) is 4.79 Å². The smallest absolute Gasteiger partial charge is 0.255 e. The van der Waals surface area contributed by atoms with Crippen molar-refractivity contribution in [2.45, 2.75) is 26.7 Å². The Balaban J connectivity index is 1.72. The van der Waals surface area contributed by atoms with Crippen LogP contribution in [0.25, 0.3) is 10.2 Å². The zero-order valence-corrected chi connectivity index (χ0v) is 15.7. The number of carbonyl (C=O) groups excluding carboxylic acids is 1. The Kier molecular flexibility index (Phi) is 5.56. The maximum Gasteiger partial charge on any atom is 0.255 e. The third-order valence-corrected chi connectivity index (χ3v) is 5.24. The zero-order valence-electron chi connectivity index (χ0n) is 14.1. The van der Waals surface area contributed by atoms with Crippen LogP contribution in [-0.2, 0) is 0 Å². The molecule has 0 saturated heterocycles. The van der Waals surface area contributed by atoms with Crippen molar-refractivity contribution in [2.75, 3.05) is 11.9 Å². The van der Waals surface area contributed by atoms with Crippen LogP contribution in [0.5, 0.6) is 5.75 Å². The molecule has 0 aliphatic rings. The summed E-state index contributed by atoms with van der Waals surface area (Å²) in [6.45, 7) is 4.74. The number of nitrogens with zero attached hydrogens (tertiary/aromatic N) is 1. The quantitative estimate of drug-likeness (QED) is 0.564. The highest BCUT2D eigenvalue weighted by Crippen LogP contribution is 2.35. The number of hydrogen-bond donors (Lipinski definition) is 1. The molecule has 0 saturated carbocycles. The van der Waals surface area contributed by atoms with Crippen LogP contribution in [0, 0.1) is 6.92 Å². The monoisotopic (exact) mass is 374 g/mol. The topological polar surface area (TPSA) is 51.2 Å². The van der Waals surface area contributed by atoms with Crippen LogP contribution in [0.3, 0.4) is 0 Å². The third-order valence-electron chi connectivity index (χ3n) is 3.74. The summed E-state index contributed by atoms with van der Waals surface area (Å²) in [6, 6.07) is 10.8. The van der Waals surface area contributed by atoms with E-state index in [2.05, 4.69) is 17.2 Å². The summed E-state index contributed by atoms with van der Waals surface area (Å²) in [5.74, 6) is 0.562. The van der Waals surface area contributed by atoms with E-state index >= 15 is 0 Å². The van der Waals surface area contributed by atoms with Crippen molar-refractivity contribution in [1.82, 2.24) is 4.98 Å². The third kappa shape index (κ3) is 4.11. The number of benzene rings is 2. The van der Waals surface area contributed by atoms with E-state index in [0.29, 0.717) is 22.9 Å². The maximum atomic E-state index is 12.5. The number of nitrogens with one attached hydrogen (secondary N) is 1. The summed E-state index contributed by atoms with van der Waals surface area (Å²) in [4.78, 5) is 16.9. The number of anilines is 1. The SMILES string of the molecule is CCCCOc1ccc(C(=O)Nc2ccc3nc(C)sc3c2Cl)cc1. The molecule has 0 unspecified atom stereocenters. The van der Waals surface area contributed by atoms with Crippen LogP contribution in [0.1, 0.15) is 35.1 Å². The zero-order chi connectivity index (χ0) is 17.8. The lowest BCUT2D eigenvalue weighted by Crippen LogP contribution is -2.12. The van der Waals surface area contributed by atoms with Gasteiger partial charge in [0.2, 0.25) is 0 Å². The molecule has 1 amide bonds. The average Bonchev–Trinajstić information content (AvgIpc) is 2.99. The largest absolute Gasteiger partial charge is 0.494 e. The fourth-order valence-corrected chi connectivity index (χ4v) is 3.58. The van der Waals surface area contributed by atoms with Gasteiger partial charge in [0.05, 0.1) is 32.5 Å². The molecular formula is C19H19ClN2O2S. The van der Waals surface area contributed by atoms with Crippen LogP contribution in [0.2, 0.25) is 5.02 Å². The van der Waals surface area contributed by atoms with Gasteiger partial charge in [-0.3, -0.25) is 4.79 Å². The normalized spacial score (nSPS) is 10.8. The molecule has 1 heterocycles. The molecule has 3 aromatic rings. The van der Waals surface area contributed by atoms with Crippen LogP contribution < -0.4 is 10.1 Å². The number of thiazole rings is 1. The predicted molar refractivity (Wildman–Crippen MR) is 104 cm³/mol. The molecule has 0 aliphatic heterocycles. The fraction of sp³-hybridized carbons (Fsp3) is 0.263. The number of ether oxygens (including phenoxy) is 1. The van der Waals surface area contributed by atoms with Gasteiger partial charge in [0.1, 0.15) is 5.75 Å². The number of amides is 1. The van der Waals surface area contributed by atoms with Crippen LogP contribution in [0.4, 0.5) is 5.69 Å². The van der Waals surface area contributed by atoms with Crippen molar-refractivity contribution >= 4 is 44.7 Å². The number of aromatic nitrogens is 1. The van der Waals surface area contributed by atoms with Crippen LogP contribution >= 0.6 is 22.9 Å². The van der Waals surface area contributed by atoms with E-state index in [4.69, 9.17) is 16.3 Å². The molecule has 0 bridgehead atoms. The van der Waals surface area contributed by atoms with E-state index in [-0.39, 0.29) is 5.91 Å². The molecule has 0 fully saturated rings. The van der Waals surface area contributed by atoms with Gasteiger partial charge >= 0.3 is 0 Å². The van der Waals surface area contributed by atoms with Gasteiger partial charge < -0.3 is 10.1 Å². The van der Waals surface area contributed by atoms with E-state index in [1.54, 1.807) is 18.2 Å². The number of fused-ring (bicyclic) bond motifs is 1. The van der Waals surface area contributed by atoms with E-state index in [1.165, 1.54) is 11.3 Å². The first kappa shape index (κ1) is 17.7. The molecule has 2 aromatic carbocycles. The molecular weight excluding hydrogens is 356 g/mol. The first-order valence-corrected chi connectivity index (χ1v) is 9.37. The van der Waals surface area contributed by atoms with Gasteiger partial charge in [0, 0.05) is 5.56 Å². The van der Waals surface area contributed by atoms with Gasteiger partial charge in [-0.25, -0.2) is 4.98 Å². The van der Waals surface area contributed by atoms with Crippen molar-refractivity contribution in [3.05, 3.63) is 52.0 Å².